The van der Waals surface area contributed by atoms with E-state index in [0.717, 1.165) is 18.8 Å². The van der Waals surface area contributed by atoms with Crippen LogP contribution in [0.25, 0.3) is 0 Å². The lowest BCUT2D eigenvalue weighted by Crippen LogP contribution is -2.36. The molecule has 1 aliphatic rings. The van der Waals surface area contributed by atoms with Crippen LogP contribution < -0.4 is 5.32 Å². The van der Waals surface area contributed by atoms with Gasteiger partial charge in [0.2, 0.25) is 0 Å². The molecule has 0 bridgehead atoms. The van der Waals surface area contributed by atoms with Crippen molar-refractivity contribution < 1.29 is 9.21 Å². The molecule has 0 saturated carbocycles. The Hall–Kier alpha value is -1.59. The Bertz CT molecular complexity index is 585. The van der Waals surface area contributed by atoms with Crippen molar-refractivity contribution in [2.24, 2.45) is 0 Å². The van der Waals surface area contributed by atoms with Gasteiger partial charge in [-0.05, 0) is 56.4 Å². The molecule has 0 spiro atoms. The summed E-state index contributed by atoms with van der Waals surface area (Å²) in [5.74, 6) is 1.01. The van der Waals surface area contributed by atoms with E-state index in [0.29, 0.717) is 12.3 Å². The standard InChI is InChI=1S/C16H20N2O2S/c1-12-6-7-14(20-12)16(19)17-11-13(15-5-4-10-21-15)18-8-2-3-9-18/h4-7,10,13H,2-3,8-9,11H2,1H3,(H,17,19). The largest absolute Gasteiger partial charge is 0.456 e. The fourth-order valence-corrected chi connectivity index (χ4v) is 3.64. The van der Waals surface area contributed by atoms with Crippen LogP contribution >= 0.6 is 11.3 Å². The van der Waals surface area contributed by atoms with Gasteiger partial charge in [-0.25, -0.2) is 0 Å². The first-order valence-corrected chi connectivity index (χ1v) is 8.24. The molecule has 1 aliphatic heterocycles. The molecule has 1 amide bonds. The van der Waals surface area contributed by atoms with Gasteiger partial charge >= 0.3 is 0 Å². The van der Waals surface area contributed by atoms with Gasteiger partial charge in [0, 0.05) is 11.4 Å². The van der Waals surface area contributed by atoms with Crippen molar-refractivity contribution in [1.82, 2.24) is 10.2 Å². The van der Waals surface area contributed by atoms with Gasteiger partial charge in [0.05, 0.1) is 6.04 Å². The van der Waals surface area contributed by atoms with Crippen molar-refractivity contribution in [1.29, 1.82) is 0 Å². The first-order chi connectivity index (χ1) is 10.2. The van der Waals surface area contributed by atoms with Crippen LogP contribution in [0.15, 0.2) is 34.1 Å². The first kappa shape index (κ1) is 14.4. The summed E-state index contributed by atoms with van der Waals surface area (Å²) in [5, 5.41) is 5.10. The van der Waals surface area contributed by atoms with Crippen LogP contribution in [0.2, 0.25) is 0 Å². The van der Waals surface area contributed by atoms with Crippen LogP contribution in [0.5, 0.6) is 0 Å². The molecule has 0 aliphatic carbocycles. The molecule has 1 unspecified atom stereocenters. The van der Waals surface area contributed by atoms with Crippen LogP contribution in [-0.4, -0.2) is 30.4 Å². The molecule has 112 valence electrons. The molecule has 1 N–H and O–H groups in total. The minimum Gasteiger partial charge on any atom is -0.456 e. The minimum absolute atomic E-state index is 0.135. The second-order valence-corrected chi connectivity index (χ2v) is 6.37. The molecule has 2 aromatic rings. The quantitative estimate of drug-likeness (QED) is 0.922. The van der Waals surface area contributed by atoms with Crippen molar-refractivity contribution in [3.63, 3.8) is 0 Å². The van der Waals surface area contributed by atoms with E-state index in [2.05, 4.69) is 27.7 Å². The van der Waals surface area contributed by atoms with Gasteiger partial charge in [0.1, 0.15) is 5.76 Å². The Morgan fingerprint density at radius 3 is 2.81 bits per heavy atom. The molecular weight excluding hydrogens is 284 g/mol. The molecular formula is C16H20N2O2S. The number of carbonyl (C=O) groups is 1. The lowest BCUT2D eigenvalue weighted by molar-refractivity contribution is 0.0909. The van der Waals surface area contributed by atoms with Gasteiger partial charge in [-0.3, -0.25) is 9.69 Å². The van der Waals surface area contributed by atoms with E-state index in [1.807, 2.05) is 13.0 Å². The number of likely N-dealkylation sites (tertiary alicyclic amines) is 1. The van der Waals surface area contributed by atoms with E-state index in [1.54, 1.807) is 17.4 Å². The minimum atomic E-state index is -0.135. The summed E-state index contributed by atoms with van der Waals surface area (Å²) in [6.07, 6.45) is 2.49. The number of nitrogens with zero attached hydrogens (tertiary/aromatic N) is 1. The van der Waals surface area contributed by atoms with Crippen molar-refractivity contribution in [2.75, 3.05) is 19.6 Å². The fraction of sp³-hybridized carbons (Fsp3) is 0.438. The molecule has 1 saturated heterocycles. The summed E-state index contributed by atoms with van der Waals surface area (Å²) < 4.78 is 5.37. The lowest BCUT2D eigenvalue weighted by Gasteiger charge is -2.26. The van der Waals surface area contributed by atoms with Crippen LogP contribution in [0.4, 0.5) is 0 Å². The Morgan fingerprint density at radius 1 is 1.38 bits per heavy atom. The second-order valence-electron chi connectivity index (χ2n) is 5.39. The van der Waals surface area contributed by atoms with Crippen LogP contribution in [-0.2, 0) is 0 Å². The molecule has 5 heteroatoms. The number of carbonyl (C=O) groups excluding carboxylic acids is 1. The van der Waals surface area contributed by atoms with E-state index in [-0.39, 0.29) is 11.9 Å². The van der Waals surface area contributed by atoms with Crippen LogP contribution in [0.3, 0.4) is 0 Å². The number of aryl methyl sites for hydroxylation is 1. The van der Waals surface area contributed by atoms with Crippen molar-refractivity contribution >= 4 is 17.2 Å². The summed E-state index contributed by atoms with van der Waals surface area (Å²) in [5.41, 5.74) is 0. The van der Waals surface area contributed by atoms with Crippen LogP contribution in [0, 0.1) is 6.92 Å². The third kappa shape index (κ3) is 3.36. The highest BCUT2D eigenvalue weighted by molar-refractivity contribution is 7.10. The number of hydrogen-bond acceptors (Lipinski definition) is 4. The highest BCUT2D eigenvalue weighted by atomic mass is 32.1. The predicted octanol–water partition coefficient (Wildman–Crippen LogP) is 3.22. The zero-order chi connectivity index (χ0) is 14.7. The zero-order valence-corrected chi connectivity index (χ0v) is 13.0. The molecule has 1 atom stereocenters. The third-order valence-electron chi connectivity index (χ3n) is 3.87. The maximum atomic E-state index is 12.1. The monoisotopic (exact) mass is 304 g/mol. The smallest absolute Gasteiger partial charge is 0.287 e. The maximum absolute atomic E-state index is 12.1. The highest BCUT2D eigenvalue weighted by Gasteiger charge is 2.25. The summed E-state index contributed by atoms with van der Waals surface area (Å²) in [6, 6.07) is 8.03. The average molecular weight is 304 g/mol. The van der Waals surface area contributed by atoms with E-state index in [9.17, 15) is 4.79 Å². The van der Waals surface area contributed by atoms with E-state index in [4.69, 9.17) is 4.42 Å². The molecule has 0 radical (unpaired) electrons. The van der Waals surface area contributed by atoms with Gasteiger partial charge < -0.3 is 9.73 Å². The molecule has 21 heavy (non-hydrogen) atoms. The van der Waals surface area contributed by atoms with E-state index in [1.165, 1.54) is 17.7 Å². The van der Waals surface area contributed by atoms with Gasteiger partial charge in [-0.2, -0.15) is 0 Å². The summed E-state index contributed by atoms with van der Waals surface area (Å²) in [6.45, 7) is 4.69. The second kappa shape index (κ2) is 6.45. The zero-order valence-electron chi connectivity index (χ0n) is 12.2. The van der Waals surface area contributed by atoms with Gasteiger partial charge in [0.15, 0.2) is 5.76 Å². The first-order valence-electron chi connectivity index (χ1n) is 7.36. The number of amides is 1. The summed E-state index contributed by atoms with van der Waals surface area (Å²) in [7, 11) is 0. The molecule has 4 nitrogen and oxygen atoms in total. The van der Waals surface area contributed by atoms with Gasteiger partial charge in [0.25, 0.3) is 5.91 Å². The SMILES string of the molecule is Cc1ccc(C(=O)NCC(c2cccs2)N2CCCC2)o1. The van der Waals surface area contributed by atoms with Gasteiger partial charge in [-0.1, -0.05) is 6.07 Å². The molecule has 1 fully saturated rings. The molecule has 3 rings (SSSR count). The Kier molecular flexibility index (Phi) is 4.41. The van der Waals surface area contributed by atoms with Crippen LogP contribution in [0.1, 0.15) is 40.1 Å². The Balaban J connectivity index is 1.66. The topological polar surface area (TPSA) is 45.5 Å². The number of furan rings is 1. The summed E-state index contributed by atoms with van der Waals surface area (Å²) in [4.78, 5) is 15.9. The third-order valence-corrected chi connectivity index (χ3v) is 4.85. The number of rotatable bonds is 5. The average Bonchev–Trinajstić information content (AvgIpc) is 3.21. The lowest BCUT2D eigenvalue weighted by atomic mass is 10.2. The molecule has 2 aromatic heterocycles. The fourth-order valence-electron chi connectivity index (χ4n) is 2.78. The van der Waals surface area contributed by atoms with Crippen molar-refractivity contribution in [3.8, 4) is 0 Å². The highest BCUT2D eigenvalue weighted by Crippen LogP contribution is 2.27. The number of thiophene rings is 1. The predicted molar refractivity (Wildman–Crippen MR) is 83.6 cm³/mol. The molecule has 3 heterocycles. The number of nitrogens with one attached hydrogen (secondary N) is 1. The van der Waals surface area contributed by atoms with Crippen molar-refractivity contribution in [2.45, 2.75) is 25.8 Å². The summed E-state index contributed by atoms with van der Waals surface area (Å²) >= 11 is 1.75. The normalized spacial score (nSPS) is 17.0. The molecule has 0 aromatic carbocycles. The Morgan fingerprint density at radius 2 is 2.19 bits per heavy atom. The Labute approximate surface area is 128 Å². The van der Waals surface area contributed by atoms with E-state index >= 15 is 0 Å². The number of hydrogen-bond donors (Lipinski definition) is 1. The maximum Gasteiger partial charge on any atom is 0.287 e. The van der Waals surface area contributed by atoms with Gasteiger partial charge in [-0.15, -0.1) is 11.3 Å². The van der Waals surface area contributed by atoms with Crippen molar-refractivity contribution in [3.05, 3.63) is 46.0 Å². The van der Waals surface area contributed by atoms with E-state index < -0.39 is 0 Å².